The SMILES string of the molecule is CC(=O)Nc1ccc(Oc2cc[n+]([O-])c(Cl)c2)c(F)c1. The molecular formula is C13H10ClFN2O3. The molecule has 0 aliphatic rings. The molecule has 1 amide bonds. The monoisotopic (exact) mass is 296 g/mol. The van der Waals surface area contributed by atoms with E-state index >= 15 is 0 Å². The highest BCUT2D eigenvalue weighted by atomic mass is 35.5. The van der Waals surface area contributed by atoms with Crippen LogP contribution in [-0.4, -0.2) is 5.91 Å². The van der Waals surface area contributed by atoms with E-state index in [1.807, 2.05) is 0 Å². The quantitative estimate of drug-likeness (QED) is 0.538. The second kappa shape index (κ2) is 5.75. The van der Waals surface area contributed by atoms with Crippen molar-refractivity contribution < 1.29 is 18.7 Å². The maximum absolute atomic E-state index is 13.8. The minimum Gasteiger partial charge on any atom is -0.618 e. The fourth-order valence-electron chi connectivity index (χ4n) is 1.50. The molecular weight excluding hydrogens is 287 g/mol. The van der Waals surface area contributed by atoms with Gasteiger partial charge in [-0.1, -0.05) is 0 Å². The first-order valence-corrected chi connectivity index (χ1v) is 5.97. The first-order valence-electron chi connectivity index (χ1n) is 5.59. The summed E-state index contributed by atoms with van der Waals surface area (Å²) >= 11 is 5.63. The molecule has 20 heavy (non-hydrogen) atoms. The van der Waals surface area contributed by atoms with Crippen molar-refractivity contribution in [1.29, 1.82) is 0 Å². The van der Waals surface area contributed by atoms with Crippen molar-refractivity contribution in [3.05, 3.63) is 52.7 Å². The van der Waals surface area contributed by atoms with Gasteiger partial charge in [0.25, 0.3) is 5.15 Å². The highest BCUT2D eigenvalue weighted by Gasteiger charge is 2.09. The highest BCUT2D eigenvalue weighted by molar-refractivity contribution is 6.28. The molecule has 0 radical (unpaired) electrons. The van der Waals surface area contributed by atoms with Gasteiger partial charge in [0.2, 0.25) is 5.91 Å². The lowest BCUT2D eigenvalue weighted by molar-refractivity contribution is -0.603. The lowest BCUT2D eigenvalue weighted by atomic mass is 10.3. The second-order valence-electron chi connectivity index (χ2n) is 3.94. The van der Waals surface area contributed by atoms with Crippen LogP contribution in [0.1, 0.15) is 6.92 Å². The van der Waals surface area contributed by atoms with Gasteiger partial charge >= 0.3 is 0 Å². The number of aromatic nitrogens is 1. The standard InChI is InChI=1S/C13H10ClFN2O3/c1-8(18)16-9-2-3-12(11(15)6-9)20-10-4-5-17(19)13(14)7-10/h2-7H,1H3,(H,16,18). The molecule has 1 aromatic heterocycles. The Morgan fingerprint density at radius 3 is 2.75 bits per heavy atom. The largest absolute Gasteiger partial charge is 0.618 e. The Kier molecular flexibility index (Phi) is 4.05. The number of carbonyl (C=O) groups excluding carboxylic acids is 1. The van der Waals surface area contributed by atoms with E-state index in [0.29, 0.717) is 10.4 Å². The number of hydrogen-bond acceptors (Lipinski definition) is 3. The molecule has 0 saturated heterocycles. The molecule has 104 valence electrons. The molecule has 2 aromatic rings. The van der Waals surface area contributed by atoms with E-state index in [1.54, 1.807) is 0 Å². The van der Waals surface area contributed by atoms with Crippen LogP contribution in [0.25, 0.3) is 0 Å². The van der Waals surface area contributed by atoms with Gasteiger partial charge in [-0.15, -0.1) is 0 Å². The molecule has 5 nitrogen and oxygen atoms in total. The molecule has 7 heteroatoms. The van der Waals surface area contributed by atoms with E-state index in [0.717, 1.165) is 12.3 Å². The van der Waals surface area contributed by atoms with E-state index < -0.39 is 5.82 Å². The van der Waals surface area contributed by atoms with Gasteiger partial charge < -0.3 is 15.3 Å². The number of amides is 1. The molecule has 1 aromatic carbocycles. The van der Waals surface area contributed by atoms with E-state index in [1.165, 1.54) is 31.2 Å². The van der Waals surface area contributed by atoms with E-state index in [-0.39, 0.29) is 22.6 Å². The number of nitrogens with zero attached hydrogens (tertiary/aromatic N) is 1. The number of pyridine rings is 1. The van der Waals surface area contributed by atoms with Crippen LogP contribution in [0.3, 0.4) is 0 Å². The third-order valence-corrected chi connectivity index (χ3v) is 2.60. The van der Waals surface area contributed by atoms with Crippen LogP contribution in [0.2, 0.25) is 5.15 Å². The van der Waals surface area contributed by atoms with Crippen LogP contribution in [0.4, 0.5) is 10.1 Å². The van der Waals surface area contributed by atoms with Crippen LogP contribution in [-0.2, 0) is 4.79 Å². The van der Waals surface area contributed by atoms with Crippen LogP contribution < -0.4 is 14.8 Å². The summed E-state index contributed by atoms with van der Waals surface area (Å²) in [5.74, 6) is -0.758. The van der Waals surface area contributed by atoms with Gasteiger partial charge in [-0.2, -0.15) is 4.73 Å². The summed E-state index contributed by atoms with van der Waals surface area (Å²) in [7, 11) is 0. The third-order valence-electron chi connectivity index (χ3n) is 2.33. The van der Waals surface area contributed by atoms with Gasteiger partial charge in [-0.3, -0.25) is 4.79 Å². The Morgan fingerprint density at radius 1 is 1.40 bits per heavy atom. The van der Waals surface area contributed by atoms with E-state index in [2.05, 4.69) is 5.32 Å². The summed E-state index contributed by atoms with van der Waals surface area (Å²) < 4.78 is 19.5. The lowest BCUT2D eigenvalue weighted by Crippen LogP contribution is -2.26. The normalized spacial score (nSPS) is 10.2. The van der Waals surface area contributed by atoms with Gasteiger partial charge in [0.1, 0.15) is 5.75 Å². The summed E-state index contributed by atoms with van der Waals surface area (Å²) in [6.07, 6.45) is 1.15. The molecule has 1 heterocycles. The number of hydrogen-bond donors (Lipinski definition) is 1. The summed E-state index contributed by atoms with van der Waals surface area (Å²) in [5, 5.41) is 13.4. The number of ether oxygens (including phenoxy) is 1. The number of carbonyl (C=O) groups is 1. The van der Waals surface area contributed by atoms with Gasteiger partial charge in [0, 0.05) is 24.7 Å². The number of anilines is 1. The Balaban J connectivity index is 2.21. The molecule has 0 aliphatic carbocycles. The average molecular weight is 297 g/mol. The van der Waals surface area contributed by atoms with Crippen molar-refractivity contribution in [3.8, 4) is 11.5 Å². The minimum atomic E-state index is -0.647. The summed E-state index contributed by atoms with van der Waals surface area (Å²) in [5.41, 5.74) is 0.325. The van der Waals surface area contributed by atoms with E-state index in [4.69, 9.17) is 16.3 Å². The predicted octanol–water partition coefficient (Wildman–Crippen LogP) is 2.86. The Labute approximate surface area is 119 Å². The van der Waals surface area contributed by atoms with Crippen LogP contribution in [0.5, 0.6) is 11.5 Å². The van der Waals surface area contributed by atoms with Gasteiger partial charge in [-0.25, -0.2) is 4.39 Å². The average Bonchev–Trinajstić information content (AvgIpc) is 2.36. The fourth-order valence-corrected chi connectivity index (χ4v) is 1.66. The highest BCUT2D eigenvalue weighted by Crippen LogP contribution is 2.27. The molecule has 0 aliphatic heterocycles. The van der Waals surface area contributed by atoms with Gasteiger partial charge in [0.15, 0.2) is 17.8 Å². The van der Waals surface area contributed by atoms with Crippen molar-refractivity contribution >= 4 is 23.2 Å². The fraction of sp³-hybridized carbons (Fsp3) is 0.0769. The minimum absolute atomic E-state index is 0.0428. The molecule has 0 atom stereocenters. The predicted molar refractivity (Wildman–Crippen MR) is 71.2 cm³/mol. The zero-order chi connectivity index (χ0) is 14.7. The van der Waals surface area contributed by atoms with Gasteiger partial charge in [-0.05, 0) is 23.7 Å². The Morgan fingerprint density at radius 2 is 2.15 bits per heavy atom. The molecule has 0 saturated carbocycles. The van der Waals surface area contributed by atoms with Crippen molar-refractivity contribution in [2.45, 2.75) is 6.92 Å². The summed E-state index contributed by atoms with van der Waals surface area (Å²) in [6.45, 7) is 1.33. The van der Waals surface area contributed by atoms with Crippen molar-refractivity contribution in [2.75, 3.05) is 5.32 Å². The Hall–Kier alpha value is -2.34. The number of benzene rings is 1. The smallest absolute Gasteiger partial charge is 0.289 e. The van der Waals surface area contributed by atoms with Gasteiger partial charge in [0.05, 0.1) is 6.07 Å². The maximum atomic E-state index is 13.8. The van der Waals surface area contributed by atoms with Crippen LogP contribution in [0, 0.1) is 11.0 Å². The van der Waals surface area contributed by atoms with Crippen LogP contribution >= 0.6 is 11.6 Å². The van der Waals surface area contributed by atoms with E-state index in [9.17, 15) is 14.4 Å². The topological polar surface area (TPSA) is 65.3 Å². The zero-order valence-corrected chi connectivity index (χ0v) is 11.1. The molecule has 0 spiro atoms. The first kappa shape index (κ1) is 14.1. The molecule has 2 rings (SSSR count). The Bertz CT molecular complexity index is 664. The molecule has 0 fully saturated rings. The molecule has 1 N–H and O–H groups in total. The van der Waals surface area contributed by atoms with Crippen molar-refractivity contribution in [3.63, 3.8) is 0 Å². The van der Waals surface area contributed by atoms with Crippen molar-refractivity contribution in [1.82, 2.24) is 0 Å². The number of rotatable bonds is 3. The molecule has 0 unspecified atom stereocenters. The second-order valence-corrected chi connectivity index (χ2v) is 4.33. The molecule has 0 bridgehead atoms. The maximum Gasteiger partial charge on any atom is 0.289 e. The third kappa shape index (κ3) is 3.36. The summed E-state index contributed by atoms with van der Waals surface area (Å²) in [4.78, 5) is 10.9. The lowest BCUT2D eigenvalue weighted by Gasteiger charge is -2.08. The zero-order valence-electron chi connectivity index (χ0n) is 10.4. The number of nitrogens with one attached hydrogen (secondary N) is 1. The summed E-state index contributed by atoms with van der Waals surface area (Å²) in [6, 6.07) is 6.63. The van der Waals surface area contributed by atoms with Crippen molar-refractivity contribution in [2.24, 2.45) is 0 Å². The number of halogens is 2. The first-order chi connectivity index (χ1) is 9.45. The van der Waals surface area contributed by atoms with Crippen LogP contribution in [0.15, 0.2) is 36.5 Å².